The van der Waals surface area contributed by atoms with Crippen molar-refractivity contribution in [2.75, 3.05) is 0 Å². The molecule has 0 spiro atoms. The van der Waals surface area contributed by atoms with E-state index in [1.807, 2.05) is 13.8 Å². The molecule has 0 unspecified atom stereocenters. The maximum absolute atomic E-state index is 2.31. The van der Waals surface area contributed by atoms with Crippen molar-refractivity contribution in [2.45, 2.75) is 72.1 Å². The molecule has 1 rings (SSSR count). The van der Waals surface area contributed by atoms with Crippen LogP contribution in [-0.4, -0.2) is 0 Å². The SMILES string of the molecule is CC.CCCC1CCCCCC1. The van der Waals surface area contributed by atoms with Crippen LogP contribution < -0.4 is 0 Å². The van der Waals surface area contributed by atoms with E-state index < -0.39 is 0 Å². The molecule has 0 aromatic rings. The molecule has 0 aromatic carbocycles. The molecule has 0 radical (unpaired) electrons. The summed E-state index contributed by atoms with van der Waals surface area (Å²) in [6.07, 6.45) is 11.9. The van der Waals surface area contributed by atoms with Crippen LogP contribution in [0.15, 0.2) is 0 Å². The summed E-state index contributed by atoms with van der Waals surface area (Å²) in [5, 5.41) is 0. The molecule has 0 amide bonds. The maximum atomic E-state index is 2.31. The summed E-state index contributed by atoms with van der Waals surface area (Å²) in [7, 11) is 0. The number of hydrogen-bond acceptors (Lipinski definition) is 0. The van der Waals surface area contributed by atoms with Gasteiger partial charge in [-0.25, -0.2) is 0 Å². The zero-order valence-electron chi connectivity index (χ0n) is 9.23. The Bertz CT molecular complexity index is 68.1. The van der Waals surface area contributed by atoms with E-state index in [2.05, 4.69) is 6.92 Å². The summed E-state index contributed by atoms with van der Waals surface area (Å²) in [5.74, 6) is 1.09. The van der Waals surface area contributed by atoms with Gasteiger partial charge in [-0.15, -0.1) is 0 Å². The quantitative estimate of drug-likeness (QED) is 0.523. The van der Waals surface area contributed by atoms with Gasteiger partial charge in [0.25, 0.3) is 0 Å². The fraction of sp³-hybridized carbons (Fsp3) is 1.00. The van der Waals surface area contributed by atoms with Gasteiger partial charge in [-0.05, 0) is 5.92 Å². The van der Waals surface area contributed by atoms with Crippen LogP contribution in [0.4, 0.5) is 0 Å². The molecule has 0 bridgehead atoms. The van der Waals surface area contributed by atoms with Crippen molar-refractivity contribution in [2.24, 2.45) is 5.92 Å². The van der Waals surface area contributed by atoms with Crippen molar-refractivity contribution < 1.29 is 0 Å². The Morgan fingerprint density at radius 1 is 0.917 bits per heavy atom. The van der Waals surface area contributed by atoms with Crippen molar-refractivity contribution in [3.05, 3.63) is 0 Å². The minimum Gasteiger partial charge on any atom is -0.0683 e. The second-order valence-electron chi connectivity index (χ2n) is 3.65. The van der Waals surface area contributed by atoms with Gasteiger partial charge < -0.3 is 0 Å². The Balaban J connectivity index is 0.000000561. The zero-order valence-corrected chi connectivity index (χ0v) is 9.23. The molecule has 0 aromatic heterocycles. The predicted octanol–water partition coefficient (Wildman–Crippen LogP) is 4.78. The lowest BCUT2D eigenvalue weighted by Gasteiger charge is -2.10. The summed E-state index contributed by atoms with van der Waals surface area (Å²) in [5.41, 5.74) is 0. The molecular formula is C12H26. The largest absolute Gasteiger partial charge is 0.0683 e. The minimum atomic E-state index is 1.09. The molecule has 0 heteroatoms. The van der Waals surface area contributed by atoms with Gasteiger partial charge in [0.05, 0.1) is 0 Å². The third-order valence-corrected chi connectivity index (χ3v) is 2.67. The van der Waals surface area contributed by atoms with Crippen molar-refractivity contribution in [1.82, 2.24) is 0 Å². The summed E-state index contributed by atoms with van der Waals surface area (Å²) < 4.78 is 0. The summed E-state index contributed by atoms with van der Waals surface area (Å²) >= 11 is 0. The molecule has 0 N–H and O–H groups in total. The van der Waals surface area contributed by atoms with Crippen LogP contribution >= 0.6 is 0 Å². The van der Waals surface area contributed by atoms with E-state index >= 15 is 0 Å². The maximum Gasteiger partial charge on any atom is -0.0414 e. The highest BCUT2D eigenvalue weighted by atomic mass is 14.2. The van der Waals surface area contributed by atoms with Gasteiger partial charge in [0.1, 0.15) is 0 Å². The van der Waals surface area contributed by atoms with Crippen molar-refractivity contribution >= 4 is 0 Å². The first-order valence-electron chi connectivity index (χ1n) is 5.93. The second kappa shape index (κ2) is 9.09. The van der Waals surface area contributed by atoms with E-state index in [1.54, 1.807) is 0 Å². The van der Waals surface area contributed by atoms with E-state index in [0.717, 1.165) is 5.92 Å². The molecule has 0 saturated heterocycles. The van der Waals surface area contributed by atoms with Crippen molar-refractivity contribution in [1.29, 1.82) is 0 Å². The van der Waals surface area contributed by atoms with E-state index in [9.17, 15) is 0 Å². The second-order valence-corrected chi connectivity index (χ2v) is 3.65. The Morgan fingerprint density at radius 3 is 1.83 bits per heavy atom. The average Bonchev–Trinajstić information content (AvgIpc) is 2.37. The van der Waals surface area contributed by atoms with E-state index in [1.165, 1.54) is 51.4 Å². The standard InChI is InChI=1S/C10H20.C2H6/c1-2-7-10-8-5-3-4-6-9-10;1-2/h10H,2-9H2,1H3;1-2H3. The van der Waals surface area contributed by atoms with Crippen LogP contribution in [0.25, 0.3) is 0 Å². The van der Waals surface area contributed by atoms with E-state index in [0.29, 0.717) is 0 Å². The third kappa shape index (κ3) is 5.62. The lowest BCUT2D eigenvalue weighted by atomic mass is 9.96. The first kappa shape index (κ1) is 12.0. The predicted molar refractivity (Wildman–Crippen MR) is 57.4 cm³/mol. The van der Waals surface area contributed by atoms with Crippen molar-refractivity contribution in [3.63, 3.8) is 0 Å². The van der Waals surface area contributed by atoms with Crippen LogP contribution in [0.2, 0.25) is 0 Å². The topological polar surface area (TPSA) is 0 Å². The smallest absolute Gasteiger partial charge is 0.0414 e. The monoisotopic (exact) mass is 170 g/mol. The molecule has 1 fully saturated rings. The Morgan fingerprint density at radius 2 is 1.42 bits per heavy atom. The van der Waals surface area contributed by atoms with E-state index in [4.69, 9.17) is 0 Å². The van der Waals surface area contributed by atoms with Gasteiger partial charge in [0.15, 0.2) is 0 Å². The van der Waals surface area contributed by atoms with E-state index in [-0.39, 0.29) is 0 Å². The van der Waals surface area contributed by atoms with Crippen LogP contribution in [0, 0.1) is 5.92 Å². The summed E-state index contributed by atoms with van der Waals surface area (Å²) in [6.45, 7) is 6.31. The lowest BCUT2D eigenvalue weighted by molar-refractivity contribution is 0.424. The van der Waals surface area contributed by atoms with Gasteiger partial charge >= 0.3 is 0 Å². The Kier molecular flexibility index (Phi) is 9.09. The number of hydrogen-bond donors (Lipinski definition) is 0. The fourth-order valence-electron chi connectivity index (χ4n) is 2.06. The fourth-order valence-corrected chi connectivity index (χ4v) is 2.06. The highest BCUT2D eigenvalue weighted by Gasteiger charge is 2.09. The number of rotatable bonds is 2. The molecule has 74 valence electrons. The first-order chi connectivity index (χ1) is 5.93. The molecule has 1 aliphatic rings. The molecule has 0 nitrogen and oxygen atoms in total. The van der Waals surface area contributed by atoms with Crippen LogP contribution in [-0.2, 0) is 0 Å². The third-order valence-electron chi connectivity index (χ3n) is 2.67. The molecule has 12 heavy (non-hydrogen) atoms. The normalized spacial score (nSPS) is 19.2. The Hall–Kier alpha value is 0. The van der Waals surface area contributed by atoms with Gasteiger partial charge in [-0.3, -0.25) is 0 Å². The molecule has 0 heterocycles. The molecular weight excluding hydrogens is 144 g/mol. The van der Waals surface area contributed by atoms with Crippen LogP contribution in [0.5, 0.6) is 0 Å². The first-order valence-corrected chi connectivity index (χ1v) is 5.93. The van der Waals surface area contributed by atoms with Gasteiger partial charge in [0.2, 0.25) is 0 Å². The Labute approximate surface area is 78.8 Å². The molecule has 0 atom stereocenters. The van der Waals surface area contributed by atoms with Crippen LogP contribution in [0.3, 0.4) is 0 Å². The molecule has 0 aliphatic heterocycles. The zero-order chi connectivity index (χ0) is 9.23. The minimum absolute atomic E-state index is 1.09. The highest BCUT2D eigenvalue weighted by Crippen LogP contribution is 2.25. The van der Waals surface area contributed by atoms with Crippen molar-refractivity contribution in [3.8, 4) is 0 Å². The highest BCUT2D eigenvalue weighted by molar-refractivity contribution is 4.63. The van der Waals surface area contributed by atoms with Crippen LogP contribution in [0.1, 0.15) is 72.1 Å². The molecule has 1 aliphatic carbocycles. The molecule has 1 saturated carbocycles. The summed E-state index contributed by atoms with van der Waals surface area (Å²) in [6, 6.07) is 0. The van der Waals surface area contributed by atoms with Gasteiger partial charge in [0, 0.05) is 0 Å². The average molecular weight is 170 g/mol. The lowest BCUT2D eigenvalue weighted by Crippen LogP contribution is -1.96. The van der Waals surface area contributed by atoms with Gasteiger partial charge in [-0.1, -0.05) is 72.1 Å². The van der Waals surface area contributed by atoms with Gasteiger partial charge in [-0.2, -0.15) is 0 Å². The summed E-state index contributed by atoms with van der Waals surface area (Å²) in [4.78, 5) is 0.